The minimum Gasteiger partial charge on any atom is -0.263 e. The van der Waals surface area contributed by atoms with E-state index < -0.39 is 10.0 Å². The topological polar surface area (TPSA) is 50.3 Å². The Bertz CT molecular complexity index is 576. The van der Waals surface area contributed by atoms with Gasteiger partial charge in [-0.15, -0.1) is 6.42 Å². The third kappa shape index (κ3) is 2.83. The highest BCUT2D eigenvalue weighted by Gasteiger charge is 2.32. The lowest BCUT2D eigenvalue weighted by molar-refractivity contribution is 0.430. The van der Waals surface area contributed by atoms with Gasteiger partial charge < -0.3 is 0 Å². The molecule has 1 aliphatic carbocycles. The average Bonchev–Trinajstić information content (AvgIpc) is 3.13. The molecule has 0 amide bonds. The van der Waals surface area contributed by atoms with Gasteiger partial charge in [-0.1, -0.05) is 17.5 Å². The Kier molecular flexibility index (Phi) is 3.91. The monoisotopic (exact) mass is 284 g/mol. The molecule has 1 heterocycles. The van der Waals surface area contributed by atoms with Crippen LogP contribution >= 0.6 is 11.6 Å². The lowest BCUT2D eigenvalue weighted by Crippen LogP contribution is -2.33. The van der Waals surface area contributed by atoms with E-state index in [0.717, 1.165) is 12.8 Å². The summed E-state index contributed by atoms with van der Waals surface area (Å²) >= 11 is 5.91. The van der Waals surface area contributed by atoms with Gasteiger partial charge >= 0.3 is 0 Å². The van der Waals surface area contributed by atoms with Crippen LogP contribution in [0.1, 0.15) is 12.8 Å². The Labute approximate surface area is 112 Å². The number of hydrogen-bond acceptors (Lipinski definition) is 3. The molecule has 96 valence electrons. The molecular formula is C12H13ClN2O2S. The fourth-order valence-electron chi connectivity index (χ4n) is 1.63. The van der Waals surface area contributed by atoms with Gasteiger partial charge in [0.1, 0.15) is 4.90 Å². The van der Waals surface area contributed by atoms with Crippen LogP contribution in [0.5, 0.6) is 0 Å². The minimum atomic E-state index is -3.65. The van der Waals surface area contributed by atoms with Gasteiger partial charge in [-0.3, -0.25) is 4.98 Å². The molecule has 0 aromatic carbocycles. The zero-order valence-corrected chi connectivity index (χ0v) is 11.3. The first-order chi connectivity index (χ1) is 8.55. The quantitative estimate of drug-likeness (QED) is 0.774. The summed E-state index contributed by atoms with van der Waals surface area (Å²) in [6.07, 6.45) is 10.0. The van der Waals surface area contributed by atoms with Gasteiger partial charge in [0.2, 0.25) is 10.0 Å². The molecule has 0 spiro atoms. The van der Waals surface area contributed by atoms with E-state index in [1.54, 1.807) is 0 Å². The number of nitrogens with zero attached hydrogens (tertiary/aromatic N) is 2. The van der Waals surface area contributed by atoms with Gasteiger partial charge in [0.05, 0.1) is 11.6 Å². The predicted octanol–water partition coefficient (Wildman–Crippen LogP) is 1.77. The molecule has 1 aromatic heterocycles. The second-order valence-electron chi connectivity index (χ2n) is 4.25. The van der Waals surface area contributed by atoms with Gasteiger partial charge in [-0.25, -0.2) is 8.42 Å². The summed E-state index contributed by atoms with van der Waals surface area (Å²) in [5.74, 6) is 2.80. The Morgan fingerprint density at radius 1 is 1.56 bits per heavy atom. The molecule has 18 heavy (non-hydrogen) atoms. The Morgan fingerprint density at radius 3 is 2.83 bits per heavy atom. The van der Waals surface area contributed by atoms with E-state index in [9.17, 15) is 8.42 Å². The van der Waals surface area contributed by atoms with Crippen LogP contribution in [-0.2, 0) is 10.0 Å². The molecule has 1 aromatic rings. The zero-order chi connectivity index (χ0) is 13.2. The van der Waals surface area contributed by atoms with Gasteiger partial charge in [-0.05, 0) is 24.8 Å². The molecule has 0 aliphatic heterocycles. The van der Waals surface area contributed by atoms with Gasteiger partial charge in [-0.2, -0.15) is 4.31 Å². The Balaban J connectivity index is 2.32. The second kappa shape index (κ2) is 5.27. The molecule has 4 nitrogen and oxygen atoms in total. The third-order valence-electron chi connectivity index (χ3n) is 2.78. The molecule has 0 atom stereocenters. The largest absolute Gasteiger partial charge is 0.263 e. The zero-order valence-electron chi connectivity index (χ0n) is 9.71. The summed E-state index contributed by atoms with van der Waals surface area (Å²) in [6, 6.07) is 1.46. The van der Waals surface area contributed by atoms with Crippen molar-refractivity contribution in [3.05, 3.63) is 23.5 Å². The number of rotatable bonds is 5. The first-order valence-corrected chi connectivity index (χ1v) is 7.40. The molecule has 1 saturated carbocycles. The number of pyridine rings is 1. The molecule has 1 aliphatic rings. The van der Waals surface area contributed by atoms with Crippen LogP contribution in [0.3, 0.4) is 0 Å². The smallest absolute Gasteiger partial charge is 0.246 e. The number of hydrogen-bond donors (Lipinski definition) is 0. The van der Waals surface area contributed by atoms with Crippen LogP contribution in [-0.4, -0.2) is 30.8 Å². The average molecular weight is 285 g/mol. The van der Waals surface area contributed by atoms with Crippen LogP contribution in [0.25, 0.3) is 0 Å². The van der Waals surface area contributed by atoms with Gasteiger partial charge in [0.15, 0.2) is 0 Å². The molecule has 1 fully saturated rings. The predicted molar refractivity (Wildman–Crippen MR) is 69.6 cm³/mol. The normalized spacial score (nSPS) is 15.6. The summed E-state index contributed by atoms with van der Waals surface area (Å²) in [5.41, 5.74) is 0. The highest BCUT2D eigenvalue weighted by Crippen LogP contribution is 2.32. The van der Waals surface area contributed by atoms with Crippen molar-refractivity contribution < 1.29 is 8.42 Å². The molecule has 0 unspecified atom stereocenters. The summed E-state index contributed by atoms with van der Waals surface area (Å²) in [6.45, 7) is 0.516. The highest BCUT2D eigenvalue weighted by atomic mass is 35.5. The van der Waals surface area contributed by atoms with Crippen molar-refractivity contribution in [1.82, 2.24) is 9.29 Å². The third-order valence-corrected chi connectivity index (χ3v) is 5.06. The van der Waals surface area contributed by atoms with Crippen molar-refractivity contribution in [2.45, 2.75) is 17.7 Å². The second-order valence-corrected chi connectivity index (χ2v) is 6.56. The fraction of sp³-hybridized carbons (Fsp3) is 0.417. The molecule has 0 radical (unpaired) electrons. The summed E-state index contributed by atoms with van der Waals surface area (Å²) < 4.78 is 26.1. The number of sulfonamides is 1. The Hall–Kier alpha value is -1.09. The number of aromatic nitrogens is 1. The SMILES string of the molecule is C#CCN(CC1CC1)S(=O)(=O)c1cnccc1Cl. The van der Waals surface area contributed by atoms with E-state index in [2.05, 4.69) is 10.9 Å². The summed E-state index contributed by atoms with van der Waals surface area (Å²) in [7, 11) is -3.65. The van der Waals surface area contributed by atoms with E-state index in [1.165, 1.54) is 22.8 Å². The van der Waals surface area contributed by atoms with Crippen LogP contribution in [0.2, 0.25) is 5.02 Å². The van der Waals surface area contributed by atoms with Crippen molar-refractivity contribution in [1.29, 1.82) is 0 Å². The maximum absolute atomic E-state index is 12.4. The number of terminal acetylenes is 1. The van der Waals surface area contributed by atoms with E-state index >= 15 is 0 Å². The summed E-state index contributed by atoms with van der Waals surface area (Å²) in [4.78, 5) is 3.82. The molecule has 0 bridgehead atoms. The highest BCUT2D eigenvalue weighted by molar-refractivity contribution is 7.89. The van der Waals surface area contributed by atoms with Crippen molar-refractivity contribution in [3.63, 3.8) is 0 Å². The van der Waals surface area contributed by atoms with Crippen molar-refractivity contribution in [3.8, 4) is 12.3 Å². The van der Waals surface area contributed by atoms with Crippen molar-refractivity contribution in [2.75, 3.05) is 13.1 Å². The molecule has 2 rings (SSSR count). The Morgan fingerprint density at radius 2 is 2.28 bits per heavy atom. The van der Waals surface area contributed by atoms with Crippen LogP contribution in [0.15, 0.2) is 23.4 Å². The van der Waals surface area contributed by atoms with Gasteiger partial charge in [0.25, 0.3) is 0 Å². The molecule has 6 heteroatoms. The molecular weight excluding hydrogens is 272 g/mol. The number of halogens is 1. The summed E-state index contributed by atoms with van der Waals surface area (Å²) in [5, 5.41) is 0.169. The van der Waals surface area contributed by atoms with E-state index in [0.29, 0.717) is 12.5 Å². The van der Waals surface area contributed by atoms with Crippen molar-refractivity contribution in [2.24, 2.45) is 5.92 Å². The van der Waals surface area contributed by atoms with Crippen molar-refractivity contribution >= 4 is 21.6 Å². The lowest BCUT2D eigenvalue weighted by Gasteiger charge is -2.19. The molecule has 0 saturated heterocycles. The standard InChI is InChI=1S/C12H13ClN2O2S/c1-2-7-15(9-10-3-4-10)18(16,17)12-8-14-6-5-11(12)13/h1,5-6,8,10H,3-4,7,9H2. The van der Waals surface area contributed by atoms with E-state index in [1.807, 2.05) is 0 Å². The van der Waals surface area contributed by atoms with E-state index in [-0.39, 0.29) is 16.5 Å². The van der Waals surface area contributed by atoms with Crippen LogP contribution in [0.4, 0.5) is 0 Å². The van der Waals surface area contributed by atoms with Crippen LogP contribution in [0, 0.1) is 18.3 Å². The van der Waals surface area contributed by atoms with Crippen LogP contribution < -0.4 is 0 Å². The maximum Gasteiger partial charge on any atom is 0.246 e. The fourth-order valence-corrected chi connectivity index (χ4v) is 3.47. The first kappa shape index (κ1) is 13.3. The molecule has 0 N–H and O–H groups in total. The van der Waals surface area contributed by atoms with E-state index in [4.69, 9.17) is 18.0 Å². The van der Waals surface area contributed by atoms with Gasteiger partial charge in [0, 0.05) is 18.9 Å². The lowest BCUT2D eigenvalue weighted by atomic mass is 10.4. The first-order valence-electron chi connectivity index (χ1n) is 5.59. The maximum atomic E-state index is 12.4. The minimum absolute atomic E-state index is 0.0163.